The molecule has 2 N–H and O–H groups in total. The summed E-state index contributed by atoms with van der Waals surface area (Å²) in [6.07, 6.45) is 14.1. The van der Waals surface area contributed by atoms with Gasteiger partial charge in [0.2, 0.25) is 0 Å². The Labute approximate surface area is 120 Å². The molecule has 0 spiro atoms. The van der Waals surface area contributed by atoms with Crippen LogP contribution in [0.2, 0.25) is 0 Å². The molecule has 2 nitrogen and oxygen atoms in total. The topological polar surface area (TPSA) is 29.3 Å². The van der Waals surface area contributed by atoms with Gasteiger partial charge >= 0.3 is 0 Å². The van der Waals surface area contributed by atoms with Gasteiger partial charge in [-0.15, -0.1) is 0 Å². The van der Waals surface area contributed by atoms with Gasteiger partial charge in [0.15, 0.2) is 0 Å². The van der Waals surface area contributed by atoms with E-state index in [1.165, 1.54) is 64.2 Å². The first-order chi connectivity index (χ1) is 9.26. The zero-order valence-corrected chi connectivity index (χ0v) is 13.1. The van der Waals surface area contributed by atoms with Crippen molar-refractivity contribution in [1.29, 1.82) is 0 Å². The molecule has 2 saturated carbocycles. The molecule has 0 saturated heterocycles. The van der Waals surface area contributed by atoms with Crippen LogP contribution in [-0.4, -0.2) is 30.6 Å². The van der Waals surface area contributed by atoms with E-state index in [-0.39, 0.29) is 0 Å². The second-order valence-electron chi connectivity index (χ2n) is 6.99. The minimum atomic E-state index is 0.750. The number of nitrogens with two attached hydrogens (primary N) is 1. The Morgan fingerprint density at radius 2 is 1.79 bits per heavy atom. The molecule has 3 unspecified atom stereocenters. The van der Waals surface area contributed by atoms with Crippen molar-refractivity contribution in [1.82, 2.24) is 4.90 Å². The smallest absolute Gasteiger partial charge is 0.0138 e. The molecule has 2 rings (SSSR count). The van der Waals surface area contributed by atoms with E-state index in [1.807, 2.05) is 0 Å². The number of hydrogen-bond donors (Lipinski definition) is 1. The largest absolute Gasteiger partial charge is 0.330 e. The Balaban J connectivity index is 1.95. The van der Waals surface area contributed by atoms with E-state index in [0.717, 1.165) is 30.5 Å². The molecule has 0 aromatic rings. The van der Waals surface area contributed by atoms with Gasteiger partial charge < -0.3 is 10.6 Å². The second-order valence-corrected chi connectivity index (χ2v) is 6.99. The molecule has 0 heterocycles. The average molecular weight is 266 g/mol. The van der Waals surface area contributed by atoms with E-state index in [4.69, 9.17) is 5.73 Å². The van der Waals surface area contributed by atoms with Crippen LogP contribution in [0.3, 0.4) is 0 Å². The van der Waals surface area contributed by atoms with Gasteiger partial charge in [-0.2, -0.15) is 0 Å². The fourth-order valence-corrected chi connectivity index (χ4v) is 4.50. The third kappa shape index (κ3) is 3.95. The van der Waals surface area contributed by atoms with E-state index in [0.29, 0.717) is 0 Å². The zero-order valence-electron chi connectivity index (χ0n) is 13.1. The maximum absolute atomic E-state index is 6.05. The molecule has 112 valence electrons. The van der Waals surface area contributed by atoms with Crippen molar-refractivity contribution in [3.63, 3.8) is 0 Å². The minimum Gasteiger partial charge on any atom is -0.330 e. The van der Waals surface area contributed by atoms with E-state index in [9.17, 15) is 0 Å². The fraction of sp³-hybridized carbons (Fsp3) is 1.00. The lowest BCUT2D eigenvalue weighted by atomic mass is 9.75. The third-order valence-corrected chi connectivity index (χ3v) is 5.74. The quantitative estimate of drug-likeness (QED) is 0.820. The molecule has 0 bridgehead atoms. The van der Waals surface area contributed by atoms with Crippen LogP contribution in [0.5, 0.6) is 0 Å². The van der Waals surface area contributed by atoms with Crippen LogP contribution >= 0.6 is 0 Å². The summed E-state index contributed by atoms with van der Waals surface area (Å²) < 4.78 is 0. The maximum Gasteiger partial charge on any atom is 0.0138 e. The van der Waals surface area contributed by atoms with Crippen molar-refractivity contribution in [2.24, 2.45) is 17.6 Å². The summed E-state index contributed by atoms with van der Waals surface area (Å²) in [5.74, 6) is 1.71. The standard InChI is InChI=1S/C17H34N2/c1-3-7-14-10-11-15(13-18)17(12-14)19(2)16-8-5-4-6-9-16/h14-17H,3-13,18H2,1-2H3. The molecule has 0 aromatic heterocycles. The average Bonchev–Trinajstić information content (AvgIpc) is 2.47. The molecule has 2 aliphatic carbocycles. The van der Waals surface area contributed by atoms with Crippen molar-refractivity contribution < 1.29 is 0 Å². The van der Waals surface area contributed by atoms with Gasteiger partial charge in [-0.3, -0.25) is 0 Å². The molecule has 0 aliphatic heterocycles. The third-order valence-electron chi connectivity index (χ3n) is 5.74. The Bertz CT molecular complexity index is 248. The molecular formula is C17H34N2. The lowest BCUT2D eigenvalue weighted by Gasteiger charge is -2.45. The summed E-state index contributed by atoms with van der Waals surface area (Å²) in [5, 5.41) is 0. The predicted octanol–water partition coefficient (Wildman–Crippen LogP) is 3.79. The van der Waals surface area contributed by atoms with E-state index in [2.05, 4.69) is 18.9 Å². The summed E-state index contributed by atoms with van der Waals surface area (Å²) in [6, 6.07) is 1.60. The van der Waals surface area contributed by atoms with Crippen molar-refractivity contribution in [2.75, 3.05) is 13.6 Å². The second kappa shape index (κ2) is 7.64. The summed E-state index contributed by atoms with van der Waals surface area (Å²) in [5.41, 5.74) is 6.05. The Kier molecular flexibility index (Phi) is 6.15. The highest BCUT2D eigenvalue weighted by Gasteiger charge is 2.34. The lowest BCUT2D eigenvalue weighted by Crippen LogP contribution is -2.49. The Morgan fingerprint density at radius 3 is 2.42 bits per heavy atom. The van der Waals surface area contributed by atoms with Gasteiger partial charge in [0.1, 0.15) is 0 Å². The number of rotatable bonds is 5. The highest BCUT2D eigenvalue weighted by molar-refractivity contribution is 4.89. The summed E-state index contributed by atoms with van der Waals surface area (Å²) in [7, 11) is 2.39. The highest BCUT2D eigenvalue weighted by atomic mass is 15.2. The molecule has 0 aromatic carbocycles. The summed E-state index contributed by atoms with van der Waals surface area (Å²) in [6.45, 7) is 3.22. The van der Waals surface area contributed by atoms with Crippen molar-refractivity contribution in [3.05, 3.63) is 0 Å². The number of hydrogen-bond acceptors (Lipinski definition) is 2. The van der Waals surface area contributed by atoms with Gasteiger partial charge in [0.25, 0.3) is 0 Å². The first-order valence-electron chi connectivity index (χ1n) is 8.68. The first kappa shape index (κ1) is 15.3. The Hall–Kier alpha value is -0.0800. The molecule has 0 radical (unpaired) electrons. The van der Waals surface area contributed by atoms with Crippen LogP contribution in [0.4, 0.5) is 0 Å². The molecule has 2 heteroatoms. The van der Waals surface area contributed by atoms with Gasteiger partial charge in [0, 0.05) is 12.1 Å². The molecule has 2 aliphatic rings. The van der Waals surface area contributed by atoms with Crippen LogP contribution in [0, 0.1) is 11.8 Å². The molecule has 3 atom stereocenters. The van der Waals surface area contributed by atoms with E-state index >= 15 is 0 Å². The van der Waals surface area contributed by atoms with Crippen LogP contribution in [0.25, 0.3) is 0 Å². The zero-order chi connectivity index (χ0) is 13.7. The summed E-state index contributed by atoms with van der Waals surface area (Å²) >= 11 is 0. The molecule has 19 heavy (non-hydrogen) atoms. The SMILES string of the molecule is CCCC1CCC(CN)C(N(C)C2CCCCC2)C1. The molecular weight excluding hydrogens is 232 g/mol. The summed E-state index contributed by atoms with van der Waals surface area (Å²) in [4.78, 5) is 2.73. The van der Waals surface area contributed by atoms with Crippen LogP contribution in [0.1, 0.15) is 71.1 Å². The van der Waals surface area contributed by atoms with Gasteiger partial charge in [-0.1, -0.05) is 45.4 Å². The molecule has 2 fully saturated rings. The van der Waals surface area contributed by atoms with Gasteiger partial charge in [0.05, 0.1) is 0 Å². The van der Waals surface area contributed by atoms with Crippen LogP contribution < -0.4 is 5.73 Å². The fourth-order valence-electron chi connectivity index (χ4n) is 4.50. The van der Waals surface area contributed by atoms with Gasteiger partial charge in [-0.05, 0) is 51.1 Å². The van der Waals surface area contributed by atoms with Crippen LogP contribution in [0.15, 0.2) is 0 Å². The van der Waals surface area contributed by atoms with E-state index < -0.39 is 0 Å². The lowest BCUT2D eigenvalue weighted by molar-refractivity contribution is 0.0528. The van der Waals surface area contributed by atoms with Crippen molar-refractivity contribution in [2.45, 2.75) is 83.2 Å². The van der Waals surface area contributed by atoms with Crippen molar-refractivity contribution in [3.8, 4) is 0 Å². The van der Waals surface area contributed by atoms with E-state index in [1.54, 1.807) is 0 Å². The number of nitrogens with zero attached hydrogens (tertiary/aromatic N) is 1. The normalized spacial score (nSPS) is 33.8. The predicted molar refractivity (Wildman–Crippen MR) is 83.2 cm³/mol. The van der Waals surface area contributed by atoms with Crippen LogP contribution in [-0.2, 0) is 0 Å². The van der Waals surface area contributed by atoms with Gasteiger partial charge in [-0.25, -0.2) is 0 Å². The van der Waals surface area contributed by atoms with Crippen molar-refractivity contribution >= 4 is 0 Å². The highest BCUT2D eigenvalue weighted by Crippen LogP contribution is 2.36. The Morgan fingerprint density at radius 1 is 1.05 bits per heavy atom. The first-order valence-corrected chi connectivity index (χ1v) is 8.68. The monoisotopic (exact) mass is 266 g/mol. The maximum atomic E-state index is 6.05. The minimum absolute atomic E-state index is 0.750. The molecule has 0 amide bonds.